The van der Waals surface area contributed by atoms with Crippen molar-refractivity contribution in [1.82, 2.24) is 9.91 Å². The van der Waals surface area contributed by atoms with E-state index in [0.717, 1.165) is 25.2 Å². The van der Waals surface area contributed by atoms with Crippen LogP contribution in [0.1, 0.15) is 31.7 Å². The Bertz CT molecular complexity index is 639. The number of hydrogen-bond donors (Lipinski definition) is 0. The van der Waals surface area contributed by atoms with Crippen molar-refractivity contribution in [2.45, 2.75) is 32.7 Å². The van der Waals surface area contributed by atoms with Gasteiger partial charge in [0.1, 0.15) is 5.71 Å². The van der Waals surface area contributed by atoms with Crippen LogP contribution in [0.3, 0.4) is 0 Å². The maximum atomic E-state index is 12.8. The van der Waals surface area contributed by atoms with Crippen LogP contribution in [0.5, 0.6) is 0 Å². The summed E-state index contributed by atoms with van der Waals surface area (Å²) in [5.41, 5.74) is 1.49. The molecule has 0 unspecified atom stereocenters. The third-order valence-electron chi connectivity index (χ3n) is 4.70. The molecule has 6 nitrogen and oxygen atoms in total. The fourth-order valence-corrected chi connectivity index (χ4v) is 3.21. The van der Waals surface area contributed by atoms with Gasteiger partial charge in [0.2, 0.25) is 5.91 Å². The molecule has 1 atom stereocenters. The molecule has 0 aromatic heterocycles. The molecule has 6 heteroatoms. The van der Waals surface area contributed by atoms with Crippen molar-refractivity contribution in [1.29, 1.82) is 0 Å². The zero-order chi connectivity index (χ0) is 17.6. The molecule has 25 heavy (non-hydrogen) atoms. The number of carbonyl (C=O) groups is 2. The van der Waals surface area contributed by atoms with Gasteiger partial charge in [-0.3, -0.25) is 9.59 Å². The van der Waals surface area contributed by atoms with Crippen LogP contribution < -0.4 is 0 Å². The Labute approximate surface area is 148 Å². The Morgan fingerprint density at radius 1 is 1.32 bits per heavy atom. The van der Waals surface area contributed by atoms with Crippen LogP contribution in [0.15, 0.2) is 35.4 Å². The van der Waals surface area contributed by atoms with Gasteiger partial charge in [-0.2, -0.15) is 5.10 Å². The first kappa shape index (κ1) is 17.6. The van der Waals surface area contributed by atoms with E-state index in [2.05, 4.69) is 5.10 Å². The van der Waals surface area contributed by atoms with Gasteiger partial charge < -0.3 is 9.64 Å². The molecular weight excluding hydrogens is 318 g/mol. The fraction of sp³-hybridized carbons (Fsp3) is 0.526. The van der Waals surface area contributed by atoms with E-state index in [4.69, 9.17) is 4.74 Å². The lowest BCUT2D eigenvalue weighted by Crippen LogP contribution is -2.43. The zero-order valence-corrected chi connectivity index (χ0v) is 14.7. The smallest absolute Gasteiger partial charge is 0.270 e. The standard InChI is InChI=1S/C19H25N3O3/c1-2-21(12-16-10-11-25-14-16)19(24)17-8-9-18(23)22(20-17)13-15-6-4-3-5-7-15/h3-7,16H,2,8-14H2,1H3/t16-/m0/s1. The quantitative estimate of drug-likeness (QED) is 0.794. The molecule has 1 aromatic rings. The van der Waals surface area contributed by atoms with Gasteiger partial charge in [0.15, 0.2) is 0 Å². The Morgan fingerprint density at radius 2 is 2.12 bits per heavy atom. The van der Waals surface area contributed by atoms with Crippen LogP contribution in [0, 0.1) is 5.92 Å². The van der Waals surface area contributed by atoms with E-state index >= 15 is 0 Å². The second-order valence-corrected chi connectivity index (χ2v) is 6.56. The number of hydrazone groups is 1. The number of nitrogens with zero attached hydrogens (tertiary/aromatic N) is 3. The Balaban J connectivity index is 1.69. The second kappa shape index (κ2) is 8.25. The molecular formula is C19H25N3O3. The van der Waals surface area contributed by atoms with Crippen molar-refractivity contribution in [2.24, 2.45) is 11.0 Å². The van der Waals surface area contributed by atoms with Crippen LogP contribution in [0.25, 0.3) is 0 Å². The molecule has 134 valence electrons. The molecule has 2 aliphatic rings. The third-order valence-corrected chi connectivity index (χ3v) is 4.70. The molecule has 0 radical (unpaired) electrons. The van der Waals surface area contributed by atoms with Gasteiger partial charge in [0.05, 0.1) is 13.2 Å². The summed E-state index contributed by atoms with van der Waals surface area (Å²) in [5, 5.41) is 5.81. The maximum absolute atomic E-state index is 12.8. The van der Waals surface area contributed by atoms with E-state index in [1.54, 1.807) is 0 Å². The highest BCUT2D eigenvalue weighted by molar-refractivity contribution is 6.39. The van der Waals surface area contributed by atoms with Crippen molar-refractivity contribution < 1.29 is 14.3 Å². The molecule has 1 fully saturated rings. The SMILES string of the molecule is CCN(C[C@@H]1CCOC1)C(=O)C1=NN(Cc2ccccc2)C(=O)CC1. The van der Waals surface area contributed by atoms with Gasteiger partial charge in [0.25, 0.3) is 5.91 Å². The molecule has 0 aliphatic carbocycles. The third kappa shape index (κ3) is 4.45. The highest BCUT2D eigenvalue weighted by atomic mass is 16.5. The first-order valence-electron chi connectivity index (χ1n) is 8.96. The van der Waals surface area contributed by atoms with E-state index in [-0.39, 0.29) is 11.8 Å². The summed E-state index contributed by atoms with van der Waals surface area (Å²) in [5.74, 6) is 0.308. The molecule has 2 heterocycles. The number of hydrogen-bond acceptors (Lipinski definition) is 4. The lowest BCUT2D eigenvalue weighted by atomic mass is 10.1. The topological polar surface area (TPSA) is 62.2 Å². The van der Waals surface area contributed by atoms with E-state index in [0.29, 0.717) is 44.1 Å². The van der Waals surface area contributed by atoms with E-state index in [1.165, 1.54) is 5.01 Å². The van der Waals surface area contributed by atoms with E-state index in [1.807, 2.05) is 42.2 Å². The predicted molar refractivity (Wildman–Crippen MR) is 94.8 cm³/mol. The molecule has 3 rings (SSSR count). The Morgan fingerprint density at radius 3 is 2.80 bits per heavy atom. The Kier molecular flexibility index (Phi) is 5.81. The summed E-state index contributed by atoms with van der Waals surface area (Å²) in [6.07, 6.45) is 1.75. The van der Waals surface area contributed by atoms with Crippen molar-refractivity contribution >= 4 is 17.5 Å². The molecule has 2 aliphatic heterocycles. The van der Waals surface area contributed by atoms with Crippen molar-refractivity contribution in [3.05, 3.63) is 35.9 Å². The van der Waals surface area contributed by atoms with Crippen molar-refractivity contribution in [2.75, 3.05) is 26.3 Å². The minimum Gasteiger partial charge on any atom is -0.381 e. The summed E-state index contributed by atoms with van der Waals surface area (Å²) >= 11 is 0. The lowest BCUT2D eigenvalue weighted by Gasteiger charge is -2.28. The first-order chi connectivity index (χ1) is 12.2. The number of rotatable bonds is 6. The summed E-state index contributed by atoms with van der Waals surface area (Å²) in [7, 11) is 0. The molecule has 0 bridgehead atoms. The maximum Gasteiger partial charge on any atom is 0.270 e. The van der Waals surface area contributed by atoms with Crippen molar-refractivity contribution in [3.63, 3.8) is 0 Å². The van der Waals surface area contributed by atoms with Gasteiger partial charge in [-0.15, -0.1) is 0 Å². The molecule has 0 spiro atoms. The van der Waals surface area contributed by atoms with Gasteiger partial charge in [-0.1, -0.05) is 30.3 Å². The van der Waals surface area contributed by atoms with Gasteiger partial charge in [-0.05, 0) is 18.9 Å². The van der Waals surface area contributed by atoms with Crippen LogP contribution in [0.4, 0.5) is 0 Å². The number of carbonyl (C=O) groups excluding carboxylic acids is 2. The highest BCUT2D eigenvalue weighted by Crippen LogP contribution is 2.17. The van der Waals surface area contributed by atoms with Gasteiger partial charge >= 0.3 is 0 Å². The van der Waals surface area contributed by atoms with E-state index < -0.39 is 0 Å². The summed E-state index contributed by atoms with van der Waals surface area (Å²) in [6, 6.07) is 9.71. The Hall–Kier alpha value is -2.21. The number of amides is 2. The average Bonchev–Trinajstić information content (AvgIpc) is 3.15. The predicted octanol–water partition coefficient (Wildman–Crippen LogP) is 2.05. The normalized spacial score (nSPS) is 20.5. The minimum absolute atomic E-state index is 0.0346. The molecule has 1 aromatic carbocycles. The fourth-order valence-electron chi connectivity index (χ4n) is 3.21. The van der Waals surface area contributed by atoms with Crippen LogP contribution >= 0.6 is 0 Å². The highest BCUT2D eigenvalue weighted by Gasteiger charge is 2.29. The number of ether oxygens (including phenoxy) is 1. The van der Waals surface area contributed by atoms with Crippen molar-refractivity contribution in [3.8, 4) is 0 Å². The number of benzene rings is 1. The van der Waals surface area contributed by atoms with Crippen LogP contribution in [-0.2, 0) is 20.9 Å². The van der Waals surface area contributed by atoms with Crippen LogP contribution in [-0.4, -0.2) is 53.7 Å². The largest absolute Gasteiger partial charge is 0.381 e. The molecule has 0 N–H and O–H groups in total. The molecule has 2 amide bonds. The van der Waals surface area contributed by atoms with Gasteiger partial charge in [-0.25, -0.2) is 5.01 Å². The minimum atomic E-state index is -0.0556. The summed E-state index contributed by atoms with van der Waals surface area (Å²) in [4.78, 5) is 26.8. The average molecular weight is 343 g/mol. The van der Waals surface area contributed by atoms with E-state index in [9.17, 15) is 9.59 Å². The first-order valence-corrected chi connectivity index (χ1v) is 8.96. The van der Waals surface area contributed by atoms with Gasteiger partial charge in [0, 0.05) is 38.5 Å². The lowest BCUT2D eigenvalue weighted by molar-refractivity contribution is -0.132. The zero-order valence-electron chi connectivity index (χ0n) is 14.7. The monoisotopic (exact) mass is 343 g/mol. The molecule has 1 saturated heterocycles. The molecule has 0 saturated carbocycles. The summed E-state index contributed by atoms with van der Waals surface area (Å²) < 4.78 is 5.40. The van der Waals surface area contributed by atoms with Crippen LogP contribution in [0.2, 0.25) is 0 Å². The summed E-state index contributed by atoms with van der Waals surface area (Å²) in [6.45, 7) is 5.20. The second-order valence-electron chi connectivity index (χ2n) is 6.56.